The first-order chi connectivity index (χ1) is 11.7. The van der Waals surface area contributed by atoms with Crippen LogP contribution in [0.4, 0.5) is 17.5 Å². The average Bonchev–Trinajstić information content (AvgIpc) is 2.62. The molecule has 0 saturated carbocycles. The van der Waals surface area contributed by atoms with Crippen molar-refractivity contribution >= 4 is 23.2 Å². The van der Waals surface area contributed by atoms with E-state index in [0.29, 0.717) is 23.9 Å². The number of anilines is 3. The van der Waals surface area contributed by atoms with Gasteiger partial charge in [-0.2, -0.15) is 10.1 Å². The number of benzene rings is 1. The zero-order valence-electron chi connectivity index (χ0n) is 13.1. The Morgan fingerprint density at radius 1 is 1.12 bits per heavy atom. The molecule has 0 saturated heterocycles. The molecule has 2 heterocycles. The lowest BCUT2D eigenvalue weighted by molar-refractivity contribution is 0.101. The molecule has 0 fully saturated rings. The summed E-state index contributed by atoms with van der Waals surface area (Å²) in [6.45, 7) is 2.10. The van der Waals surface area contributed by atoms with Gasteiger partial charge < -0.3 is 10.6 Å². The molecule has 0 aliphatic carbocycles. The maximum atomic E-state index is 11.3. The molecule has 0 amide bonds. The van der Waals surface area contributed by atoms with Crippen LogP contribution in [0.3, 0.4) is 0 Å². The van der Waals surface area contributed by atoms with Crippen LogP contribution in [0.5, 0.6) is 0 Å². The smallest absolute Gasteiger partial charge is 0.244 e. The quantitative estimate of drug-likeness (QED) is 0.675. The Labute approximate surface area is 139 Å². The van der Waals surface area contributed by atoms with Gasteiger partial charge in [-0.05, 0) is 42.8 Å². The van der Waals surface area contributed by atoms with Gasteiger partial charge in [0.05, 0.1) is 6.20 Å². The second kappa shape index (κ2) is 7.28. The zero-order chi connectivity index (χ0) is 16.8. The minimum absolute atomic E-state index is 0.0344. The Bertz CT molecular complexity index is 820. The van der Waals surface area contributed by atoms with E-state index in [-0.39, 0.29) is 5.78 Å². The van der Waals surface area contributed by atoms with Gasteiger partial charge in [0, 0.05) is 30.2 Å². The highest BCUT2D eigenvalue weighted by atomic mass is 16.1. The van der Waals surface area contributed by atoms with Gasteiger partial charge in [-0.3, -0.25) is 9.78 Å². The fourth-order valence-electron chi connectivity index (χ4n) is 2.06. The van der Waals surface area contributed by atoms with Gasteiger partial charge in [0.25, 0.3) is 0 Å². The molecule has 3 aromatic rings. The monoisotopic (exact) mass is 320 g/mol. The third kappa shape index (κ3) is 4.10. The van der Waals surface area contributed by atoms with Crippen molar-refractivity contribution in [3.8, 4) is 0 Å². The first-order valence-electron chi connectivity index (χ1n) is 7.41. The summed E-state index contributed by atoms with van der Waals surface area (Å²) < 4.78 is 0. The highest BCUT2D eigenvalue weighted by Crippen LogP contribution is 2.15. The predicted octanol–water partition coefficient (Wildman–Crippen LogP) is 2.82. The van der Waals surface area contributed by atoms with Crippen molar-refractivity contribution in [2.45, 2.75) is 13.5 Å². The summed E-state index contributed by atoms with van der Waals surface area (Å²) in [5.41, 5.74) is 2.51. The van der Waals surface area contributed by atoms with Crippen LogP contribution in [0.2, 0.25) is 0 Å². The number of rotatable bonds is 6. The van der Waals surface area contributed by atoms with Gasteiger partial charge in [-0.25, -0.2) is 0 Å². The van der Waals surface area contributed by atoms with E-state index in [0.717, 1.165) is 11.3 Å². The summed E-state index contributed by atoms with van der Waals surface area (Å²) >= 11 is 0. The number of hydrogen-bond acceptors (Lipinski definition) is 7. The summed E-state index contributed by atoms with van der Waals surface area (Å²) in [5, 5.41) is 14.1. The molecule has 120 valence electrons. The van der Waals surface area contributed by atoms with Gasteiger partial charge in [0.2, 0.25) is 5.95 Å². The normalized spacial score (nSPS) is 10.2. The molecule has 0 aliphatic rings. The summed E-state index contributed by atoms with van der Waals surface area (Å²) in [6, 6.07) is 11.0. The predicted molar refractivity (Wildman–Crippen MR) is 91.1 cm³/mol. The summed E-state index contributed by atoms with van der Waals surface area (Å²) in [7, 11) is 0. The van der Waals surface area contributed by atoms with Gasteiger partial charge in [-0.15, -0.1) is 5.10 Å². The molecule has 0 bridgehead atoms. The fraction of sp³-hybridized carbons (Fsp3) is 0.118. The topological polar surface area (TPSA) is 92.7 Å². The van der Waals surface area contributed by atoms with E-state index >= 15 is 0 Å². The maximum Gasteiger partial charge on any atom is 0.244 e. The van der Waals surface area contributed by atoms with Crippen LogP contribution in [0.25, 0.3) is 0 Å². The Morgan fingerprint density at radius 3 is 2.67 bits per heavy atom. The lowest BCUT2D eigenvalue weighted by Gasteiger charge is -2.08. The highest BCUT2D eigenvalue weighted by molar-refractivity contribution is 5.94. The summed E-state index contributed by atoms with van der Waals surface area (Å²) in [6.07, 6.45) is 5.04. The second-order valence-corrected chi connectivity index (χ2v) is 5.14. The SMILES string of the molecule is CC(=O)c1ccc(Nc2cnnc(NCc3cccnc3)n2)cc1. The molecule has 0 spiro atoms. The molecular formula is C17H16N6O. The molecule has 0 aliphatic heterocycles. The minimum Gasteiger partial charge on any atom is -0.349 e. The fourth-order valence-corrected chi connectivity index (χ4v) is 2.06. The number of Topliss-reactive ketones (excluding diaryl/α,β-unsaturated/α-hetero) is 1. The van der Waals surface area contributed by atoms with Crippen molar-refractivity contribution in [1.29, 1.82) is 0 Å². The van der Waals surface area contributed by atoms with Crippen LogP contribution >= 0.6 is 0 Å². The maximum absolute atomic E-state index is 11.3. The first-order valence-corrected chi connectivity index (χ1v) is 7.41. The molecule has 0 atom stereocenters. The Kier molecular flexibility index (Phi) is 4.71. The van der Waals surface area contributed by atoms with Crippen LogP contribution in [-0.2, 0) is 6.54 Å². The van der Waals surface area contributed by atoms with E-state index in [4.69, 9.17) is 0 Å². The van der Waals surface area contributed by atoms with Crippen LogP contribution in [0.1, 0.15) is 22.8 Å². The van der Waals surface area contributed by atoms with Crippen LogP contribution in [0.15, 0.2) is 55.0 Å². The summed E-state index contributed by atoms with van der Waals surface area (Å²) in [5.74, 6) is 1.02. The zero-order valence-corrected chi connectivity index (χ0v) is 13.1. The van der Waals surface area contributed by atoms with E-state index in [2.05, 4.69) is 30.8 Å². The molecule has 7 nitrogen and oxygen atoms in total. The molecule has 0 unspecified atom stereocenters. The van der Waals surface area contributed by atoms with E-state index in [9.17, 15) is 4.79 Å². The van der Waals surface area contributed by atoms with Crippen molar-refractivity contribution in [1.82, 2.24) is 20.2 Å². The third-order valence-electron chi connectivity index (χ3n) is 3.30. The molecule has 2 aromatic heterocycles. The van der Waals surface area contributed by atoms with Gasteiger partial charge in [0.15, 0.2) is 11.6 Å². The number of carbonyl (C=O) groups is 1. The molecule has 7 heteroatoms. The molecule has 1 aromatic carbocycles. The van der Waals surface area contributed by atoms with E-state index in [1.54, 1.807) is 24.5 Å². The largest absolute Gasteiger partial charge is 0.349 e. The molecule has 2 N–H and O–H groups in total. The third-order valence-corrected chi connectivity index (χ3v) is 3.30. The lowest BCUT2D eigenvalue weighted by atomic mass is 10.1. The minimum atomic E-state index is 0.0344. The number of aromatic nitrogens is 4. The number of pyridine rings is 1. The highest BCUT2D eigenvalue weighted by Gasteiger charge is 2.03. The number of nitrogens with zero attached hydrogens (tertiary/aromatic N) is 4. The second-order valence-electron chi connectivity index (χ2n) is 5.14. The molecule has 24 heavy (non-hydrogen) atoms. The standard InChI is InChI=1S/C17H16N6O/c1-12(24)14-4-6-15(7-5-14)21-16-11-20-23-17(22-16)19-10-13-3-2-8-18-9-13/h2-9,11H,10H2,1H3,(H2,19,21,22,23). The van der Waals surface area contributed by atoms with Crippen molar-refractivity contribution in [2.75, 3.05) is 10.6 Å². The van der Waals surface area contributed by atoms with Crippen molar-refractivity contribution < 1.29 is 4.79 Å². The number of hydrogen-bond donors (Lipinski definition) is 2. The number of ketones is 1. The molecule has 0 radical (unpaired) electrons. The number of nitrogens with one attached hydrogen (secondary N) is 2. The summed E-state index contributed by atoms with van der Waals surface area (Å²) in [4.78, 5) is 19.7. The van der Waals surface area contributed by atoms with Gasteiger partial charge in [0.1, 0.15) is 0 Å². The number of carbonyl (C=O) groups excluding carboxylic acids is 1. The Hall–Kier alpha value is -3.35. The van der Waals surface area contributed by atoms with Crippen molar-refractivity contribution in [3.05, 3.63) is 66.1 Å². The average molecular weight is 320 g/mol. The molecule has 3 rings (SSSR count). The van der Waals surface area contributed by atoms with Gasteiger partial charge >= 0.3 is 0 Å². The van der Waals surface area contributed by atoms with Crippen molar-refractivity contribution in [2.24, 2.45) is 0 Å². The Morgan fingerprint density at radius 2 is 1.96 bits per heavy atom. The van der Waals surface area contributed by atoms with Gasteiger partial charge in [-0.1, -0.05) is 6.07 Å². The van der Waals surface area contributed by atoms with Crippen molar-refractivity contribution in [3.63, 3.8) is 0 Å². The first kappa shape index (κ1) is 15.5. The van der Waals surface area contributed by atoms with Crippen LogP contribution in [0, 0.1) is 0 Å². The van der Waals surface area contributed by atoms with E-state index in [1.807, 2.05) is 24.3 Å². The van der Waals surface area contributed by atoms with Crippen LogP contribution in [-0.4, -0.2) is 25.9 Å². The van der Waals surface area contributed by atoms with E-state index in [1.165, 1.54) is 13.1 Å². The lowest BCUT2D eigenvalue weighted by Crippen LogP contribution is -2.06. The Balaban J connectivity index is 1.65. The molecular weight excluding hydrogens is 304 g/mol. The van der Waals surface area contributed by atoms with E-state index < -0.39 is 0 Å². The van der Waals surface area contributed by atoms with Crippen LogP contribution < -0.4 is 10.6 Å².